The quantitative estimate of drug-likeness (QED) is 0.830. The molecule has 0 saturated heterocycles. The molecule has 0 spiro atoms. The topological polar surface area (TPSA) is 12.0 Å². The Labute approximate surface area is 104 Å². The molecule has 0 fully saturated rings. The molecule has 0 aliphatic rings. The lowest BCUT2D eigenvalue weighted by Gasteiger charge is -2.22. The molecule has 0 radical (unpaired) electrons. The lowest BCUT2D eigenvalue weighted by Crippen LogP contribution is -2.36. The number of benzene rings is 1. The summed E-state index contributed by atoms with van der Waals surface area (Å²) in [5.41, 5.74) is 1.52. The Kier molecular flexibility index (Phi) is 4.82. The van der Waals surface area contributed by atoms with Gasteiger partial charge in [0.1, 0.15) is 0 Å². The van der Waals surface area contributed by atoms with E-state index in [9.17, 15) is 0 Å². The van der Waals surface area contributed by atoms with Crippen molar-refractivity contribution < 1.29 is 0 Å². The van der Waals surface area contributed by atoms with Gasteiger partial charge in [-0.25, -0.2) is 0 Å². The summed E-state index contributed by atoms with van der Waals surface area (Å²) >= 11 is 5.98. The van der Waals surface area contributed by atoms with Gasteiger partial charge in [-0.2, -0.15) is 0 Å². The first-order chi connectivity index (χ1) is 7.38. The van der Waals surface area contributed by atoms with E-state index in [1.54, 1.807) is 0 Å². The highest BCUT2D eigenvalue weighted by Crippen LogP contribution is 2.21. The van der Waals surface area contributed by atoms with E-state index in [1.165, 1.54) is 5.56 Å². The van der Waals surface area contributed by atoms with Crippen LogP contribution in [0.25, 0.3) is 0 Å². The highest BCUT2D eigenvalue weighted by molar-refractivity contribution is 6.30. The van der Waals surface area contributed by atoms with E-state index in [1.807, 2.05) is 12.1 Å². The molecule has 0 aliphatic heterocycles. The molecule has 1 nitrogen and oxygen atoms in total. The molecule has 1 atom stereocenters. The van der Waals surface area contributed by atoms with Crippen LogP contribution in [0.4, 0.5) is 0 Å². The number of nitrogens with one attached hydrogen (secondary N) is 1. The molecule has 0 amide bonds. The molecule has 1 aromatic carbocycles. The summed E-state index contributed by atoms with van der Waals surface area (Å²) in [5, 5.41) is 4.33. The summed E-state index contributed by atoms with van der Waals surface area (Å²) in [6.45, 7) is 9.86. The van der Waals surface area contributed by atoms with Crippen LogP contribution in [0, 0.1) is 0 Å². The fourth-order valence-corrected chi connectivity index (χ4v) is 1.84. The van der Waals surface area contributed by atoms with E-state index in [2.05, 4.69) is 45.1 Å². The minimum absolute atomic E-state index is 0.202. The number of rotatable bonds is 4. The van der Waals surface area contributed by atoms with Crippen molar-refractivity contribution in [1.82, 2.24) is 5.32 Å². The third kappa shape index (κ3) is 5.00. The molecule has 1 N–H and O–H groups in total. The summed E-state index contributed by atoms with van der Waals surface area (Å²) in [5.74, 6) is 0.550. The molecule has 1 rings (SSSR count). The summed E-state index contributed by atoms with van der Waals surface area (Å²) in [6.07, 6.45) is 1.14. The van der Waals surface area contributed by atoms with E-state index < -0.39 is 0 Å². The first-order valence-corrected chi connectivity index (χ1v) is 6.27. The molecule has 0 heterocycles. The van der Waals surface area contributed by atoms with Gasteiger partial charge < -0.3 is 5.32 Å². The first-order valence-electron chi connectivity index (χ1n) is 5.89. The normalized spacial score (nSPS) is 13.8. The first kappa shape index (κ1) is 13.5. The van der Waals surface area contributed by atoms with E-state index in [0.717, 1.165) is 18.0 Å². The van der Waals surface area contributed by atoms with Crippen molar-refractivity contribution in [3.63, 3.8) is 0 Å². The second kappa shape index (κ2) is 5.70. The van der Waals surface area contributed by atoms with Crippen LogP contribution in [0.3, 0.4) is 0 Å². The zero-order valence-electron chi connectivity index (χ0n) is 10.7. The minimum Gasteiger partial charge on any atom is -0.312 e. The second-order valence-electron chi connectivity index (χ2n) is 5.42. The van der Waals surface area contributed by atoms with Crippen molar-refractivity contribution in [3.05, 3.63) is 34.9 Å². The van der Waals surface area contributed by atoms with E-state index in [4.69, 9.17) is 11.6 Å². The van der Waals surface area contributed by atoms with Crippen LogP contribution < -0.4 is 5.32 Å². The van der Waals surface area contributed by atoms with Gasteiger partial charge in [0.15, 0.2) is 0 Å². The maximum absolute atomic E-state index is 5.98. The fraction of sp³-hybridized carbons (Fsp3) is 0.571. The minimum atomic E-state index is 0.202. The molecular weight excluding hydrogens is 218 g/mol. The van der Waals surface area contributed by atoms with Gasteiger partial charge in [-0.05, 0) is 57.4 Å². The second-order valence-corrected chi connectivity index (χ2v) is 5.86. The van der Waals surface area contributed by atoms with Crippen LogP contribution >= 0.6 is 11.6 Å². The maximum atomic E-state index is 5.98. The molecule has 0 bridgehead atoms. The molecule has 0 saturated carbocycles. The number of hydrogen-bond acceptors (Lipinski definition) is 1. The Morgan fingerprint density at radius 3 is 2.56 bits per heavy atom. The summed E-state index contributed by atoms with van der Waals surface area (Å²) in [7, 11) is 0. The zero-order chi connectivity index (χ0) is 12.2. The van der Waals surface area contributed by atoms with E-state index in [0.29, 0.717) is 5.92 Å². The highest BCUT2D eigenvalue weighted by Gasteiger charge is 2.10. The van der Waals surface area contributed by atoms with Gasteiger partial charge in [-0.1, -0.05) is 30.7 Å². The molecule has 0 aromatic heterocycles. The van der Waals surface area contributed by atoms with Crippen LogP contribution in [-0.4, -0.2) is 12.1 Å². The molecule has 16 heavy (non-hydrogen) atoms. The average Bonchev–Trinajstić information content (AvgIpc) is 2.15. The predicted molar refractivity (Wildman–Crippen MR) is 72.2 cm³/mol. The smallest absolute Gasteiger partial charge is 0.0408 e. The monoisotopic (exact) mass is 239 g/mol. The van der Waals surface area contributed by atoms with Crippen LogP contribution in [0.5, 0.6) is 0 Å². The van der Waals surface area contributed by atoms with Crippen molar-refractivity contribution >= 4 is 11.6 Å². The van der Waals surface area contributed by atoms with E-state index >= 15 is 0 Å². The van der Waals surface area contributed by atoms with Crippen molar-refractivity contribution in [2.24, 2.45) is 0 Å². The van der Waals surface area contributed by atoms with E-state index in [-0.39, 0.29) is 5.54 Å². The molecule has 0 aliphatic carbocycles. The Morgan fingerprint density at radius 1 is 1.31 bits per heavy atom. The number of hydrogen-bond donors (Lipinski definition) is 1. The molecule has 1 unspecified atom stereocenters. The Hall–Kier alpha value is -0.530. The van der Waals surface area contributed by atoms with Crippen molar-refractivity contribution in [2.75, 3.05) is 6.54 Å². The van der Waals surface area contributed by atoms with Gasteiger partial charge in [0.2, 0.25) is 0 Å². The van der Waals surface area contributed by atoms with Gasteiger partial charge in [0, 0.05) is 10.6 Å². The van der Waals surface area contributed by atoms with Gasteiger partial charge in [-0.3, -0.25) is 0 Å². The third-order valence-corrected chi connectivity index (χ3v) is 2.89. The molecule has 2 heteroatoms. The summed E-state index contributed by atoms with van der Waals surface area (Å²) in [4.78, 5) is 0. The highest BCUT2D eigenvalue weighted by atomic mass is 35.5. The standard InChI is InChI=1S/C14H22ClN/c1-11(8-9-16-14(2,3)4)12-6-5-7-13(15)10-12/h5-7,10-11,16H,8-9H2,1-4H3. The van der Waals surface area contributed by atoms with Gasteiger partial charge in [0.25, 0.3) is 0 Å². The number of halogens is 1. The lowest BCUT2D eigenvalue weighted by molar-refractivity contribution is 0.413. The SMILES string of the molecule is CC(CCNC(C)(C)C)c1cccc(Cl)c1. The van der Waals surface area contributed by atoms with Crippen LogP contribution in [-0.2, 0) is 0 Å². The van der Waals surface area contributed by atoms with Crippen LogP contribution in [0.15, 0.2) is 24.3 Å². The van der Waals surface area contributed by atoms with Gasteiger partial charge >= 0.3 is 0 Å². The van der Waals surface area contributed by atoms with Gasteiger partial charge in [-0.15, -0.1) is 0 Å². The maximum Gasteiger partial charge on any atom is 0.0408 e. The lowest BCUT2D eigenvalue weighted by atomic mass is 9.97. The fourth-order valence-electron chi connectivity index (χ4n) is 1.64. The van der Waals surface area contributed by atoms with Crippen molar-refractivity contribution in [3.8, 4) is 0 Å². The third-order valence-electron chi connectivity index (χ3n) is 2.65. The molecule has 1 aromatic rings. The summed E-state index contributed by atoms with van der Waals surface area (Å²) in [6, 6.07) is 8.15. The predicted octanol–water partition coefficient (Wildman–Crippen LogP) is 4.22. The van der Waals surface area contributed by atoms with Crippen LogP contribution in [0.1, 0.15) is 45.6 Å². The zero-order valence-corrected chi connectivity index (χ0v) is 11.4. The Bertz CT molecular complexity index is 328. The average molecular weight is 240 g/mol. The Balaban J connectivity index is 2.44. The largest absolute Gasteiger partial charge is 0.312 e. The summed E-state index contributed by atoms with van der Waals surface area (Å²) < 4.78 is 0. The Morgan fingerprint density at radius 2 is 2.00 bits per heavy atom. The van der Waals surface area contributed by atoms with Crippen molar-refractivity contribution in [1.29, 1.82) is 0 Å². The molecule has 90 valence electrons. The van der Waals surface area contributed by atoms with Crippen LogP contribution in [0.2, 0.25) is 5.02 Å². The van der Waals surface area contributed by atoms with Crippen molar-refractivity contribution in [2.45, 2.75) is 45.6 Å². The molecular formula is C14H22ClN. The van der Waals surface area contributed by atoms with Gasteiger partial charge in [0.05, 0.1) is 0 Å².